The summed E-state index contributed by atoms with van der Waals surface area (Å²) in [4.78, 5) is 23.9. The molecule has 0 aliphatic carbocycles. The number of benzene rings is 2. The summed E-state index contributed by atoms with van der Waals surface area (Å²) in [6.45, 7) is 2.29. The average Bonchev–Trinajstić information content (AvgIpc) is 2.69. The molecule has 2 aromatic carbocycles. The van der Waals surface area contributed by atoms with Crippen molar-refractivity contribution in [3.63, 3.8) is 0 Å². The van der Waals surface area contributed by atoms with Crippen molar-refractivity contribution in [1.29, 1.82) is 0 Å². The molecular weight excluding hydrogens is 350 g/mol. The van der Waals surface area contributed by atoms with Crippen LogP contribution in [-0.2, 0) is 21.8 Å². The lowest BCUT2D eigenvalue weighted by molar-refractivity contribution is -0.120. The number of hydrogen-bond acceptors (Lipinski definition) is 5. The van der Waals surface area contributed by atoms with Crippen molar-refractivity contribution in [2.45, 2.75) is 24.5 Å². The van der Waals surface area contributed by atoms with Gasteiger partial charge in [-0.1, -0.05) is 30.3 Å². The molecule has 0 heterocycles. The van der Waals surface area contributed by atoms with E-state index in [0.717, 1.165) is 16.9 Å². The molecule has 6 heteroatoms. The Morgan fingerprint density at radius 2 is 1.88 bits per heavy atom. The fourth-order valence-electron chi connectivity index (χ4n) is 2.38. The van der Waals surface area contributed by atoms with E-state index in [2.05, 4.69) is 5.32 Å². The maximum atomic E-state index is 12.3. The second-order valence-corrected chi connectivity index (χ2v) is 7.00. The molecule has 26 heavy (non-hydrogen) atoms. The number of thioether (sulfide) groups is 1. The van der Waals surface area contributed by atoms with Gasteiger partial charge in [-0.15, -0.1) is 11.8 Å². The molecule has 0 aliphatic rings. The lowest BCUT2D eigenvalue weighted by atomic mass is 10.1. The van der Waals surface area contributed by atoms with E-state index < -0.39 is 0 Å². The summed E-state index contributed by atoms with van der Waals surface area (Å²) in [6.07, 6.45) is 0. The molecule has 0 saturated heterocycles. The number of ether oxygens (including phenoxy) is 2. The minimum Gasteiger partial charge on any atom is -0.496 e. The Morgan fingerprint density at radius 1 is 1.12 bits per heavy atom. The predicted octanol–water partition coefficient (Wildman–Crippen LogP) is 3.42. The van der Waals surface area contributed by atoms with Gasteiger partial charge in [-0.05, 0) is 30.7 Å². The van der Waals surface area contributed by atoms with E-state index in [0.29, 0.717) is 17.9 Å². The number of methoxy groups -OCH3 is 2. The van der Waals surface area contributed by atoms with Gasteiger partial charge in [0.1, 0.15) is 5.75 Å². The molecule has 0 radical (unpaired) electrons. The van der Waals surface area contributed by atoms with Gasteiger partial charge in [-0.3, -0.25) is 4.79 Å². The molecule has 1 N–H and O–H groups in total. The Labute approximate surface area is 158 Å². The highest BCUT2D eigenvalue weighted by Gasteiger charge is 2.14. The van der Waals surface area contributed by atoms with Gasteiger partial charge in [0.05, 0.1) is 25.0 Å². The largest absolute Gasteiger partial charge is 0.496 e. The van der Waals surface area contributed by atoms with Crippen molar-refractivity contribution < 1.29 is 19.1 Å². The Morgan fingerprint density at radius 3 is 2.62 bits per heavy atom. The molecule has 0 bridgehead atoms. The Balaban J connectivity index is 1.86. The molecule has 1 atom stereocenters. The summed E-state index contributed by atoms with van der Waals surface area (Å²) >= 11 is 1.52. The Bertz CT molecular complexity index is 763. The molecular formula is C20H23NO4S. The first kappa shape index (κ1) is 19.8. The third-order valence-electron chi connectivity index (χ3n) is 3.86. The van der Waals surface area contributed by atoms with Gasteiger partial charge in [0, 0.05) is 17.9 Å². The maximum Gasteiger partial charge on any atom is 0.337 e. The number of para-hydroxylation sites is 1. The summed E-state index contributed by atoms with van der Waals surface area (Å²) in [7, 11) is 2.97. The Hall–Kier alpha value is -2.47. The van der Waals surface area contributed by atoms with Gasteiger partial charge in [0.15, 0.2) is 0 Å². The van der Waals surface area contributed by atoms with Crippen LogP contribution in [-0.4, -0.2) is 31.3 Å². The van der Waals surface area contributed by atoms with Gasteiger partial charge in [-0.2, -0.15) is 0 Å². The van der Waals surface area contributed by atoms with Crippen LogP contribution in [0.2, 0.25) is 0 Å². The summed E-state index contributed by atoms with van der Waals surface area (Å²) < 4.78 is 10.0. The minimum atomic E-state index is -0.362. The molecule has 0 aliphatic heterocycles. The van der Waals surface area contributed by atoms with Crippen LogP contribution in [0.3, 0.4) is 0 Å². The van der Waals surface area contributed by atoms with Crippen molar-refractivity contribution in [3.8, 4) is 5.75 Å². The summed E-state index contributed by atoms with van der Waals surface area (Å²) in [5, 5.41) is 2.72. The van der Waals surface area contributed by atoms with Crippen molar-refractivity contribution in [2.24, 2.45) is 0 Å². The lowest BCUT2D eigenvalue weighted by Gasteiger charge is -2.14. The molecule has 138 valence electrons. The first-order valence-electron chi connectivity index (χ1n) is 8.23. The number of rotatable bonds is 8. The molecule has 1 amide bonds. The number of nitrogens with one attached hydrogen (secondary N) is 1. The highest BCUT2D eigenvalue weighted by molar-refractivity contribution is 7.99. The van der Waals surface area contributed by atoms with E-state index in [1.165, 1.54) is 18.9 Å². The fourth-order valence-corrected chi connectivity index (χ4v) is 3.23. The van der Waals surface area contributed by atoms with Crippen LogP contribution in [0.25, 0.3) is 0 Å². The van der Waals surface area contributed by atoms with Gasteiger partial charge in [0.2, 0.25) is 5.91 Å². The second-order valence-electron chi connectivity index (χ2n) is 5.67. The standard InChI is InChI=1S/C20H23NO4S/c1-14(19(22)21-12-17-8-4-5-10-18(17)24-2)26-13-15-7-6-9-16(11-15)20(23)25-3/h4-11,14H,12-13H2,1-3H3,(H,21,22)/t14-/m0/s1. The third kappa shape index (κ3) is 5.52. The maximum absolute atomic E-state index is 12.3. The zero-order valence-electron chi connectivity index (χ0n) is 15.2. The zero-order chi connectivity index (χ0) is 18.9. The van der Waals surface area contributed by atoms with Gasteiger partial charge >= 0.3 is 5.97 Å². The molecule has 0 spiro atoms. The van der Waals surface area contributed by atoms with Crippen molar-refractivity contribution in [1.82, 2.24) is 5.32 Å². The SMILES string of the molecule is COC(=O)c1cccc(CS[C@@H](C)C(=O)NCc2ccccc2OC)c1. The second kappa shape index (κ2) is 9.87. The molecule has 5 nitrogen and oxygen atoms in total. The number of amides is 1. The molecule has 0 aromatic heterocycles. The monoisotopic (exact) mass is 373 g/mol. The van der Waals surface area contributed by atoms with Crippen molar-refractivity contribution in [2.75, 3.05) is 14.2 Å². The molecule has 0 unspecified atom stereocenters. The van der Waals surface area contributed by atoms with Crippen LogP contribution in [0.15, 0.2) is 48.5 Å². The minimum absolute atomic E-state index is 0.0370. The molecule has 0 saturated carbocycles. The number of esters is 1. The van der Waals surface area contributed by atoms with Crippen LogP contribution in [0.4, 0.5) is 0 Å². The molecule has 2 rings (SSSR count). The highest BCUT2D eigenvalue weighted by Crippen LogP contribution is 2.20. The first-order valence-corrected chi connectivity index (χ1v) is 9.28. The van der Waals surface area contributed by atoms with Gasteiger partial charge in [-0.25, -0.2) is 4.79 Å². The Kier molecular flexibility index (Phi) is 7.53. The first-order chi connectivity index (χ1) is 12.5. The van der Waals surface area contributed by atoms with Crippen LogP contribution in [0.5, 0.6) is 5.75 Å². The van der Waals surface area contributed by atoms with E-state index >= 15 is 0 Å². The van der Waals surface area contributed by atoms with Crippen LogP contribution in [0, 0.1) is 0 Å². The summed E-state index contributed by atoms with van der Waals surface area (Å²) in [6, 6.07) is 14.8. The van der Waals surface area contributed by atoms with Gasteiger partial charge < -0.3 is 14.8 Å². The number of hydrogen-bond donors (Lipinski definition) is 1. The van der Waals surface area contributed by atoms with Crippen LogP contribution >= 0.6 is 11.8 Å². The van der Waals surface area contributed by atoms with Gasteiger partial charge in [0.25, 0.3) is 0 Å². The quantitative estimate of drug-likeness (QED) is 0.718. The number of carbonyl (C=O) groups excluding carboxylic acids is 2. The van der Waals surface area contributed by atoms with Crippen molar-refractivity contribution >= 4 is 23.6 Å². The number of carbonyl (C=O) groups is 2. The van der Waals surface area contributed by atoms with Crippen molar-refractivity contribution in [3.05, 3.63) is 65.2 Å². The fraction of sp³-hybridized carbons (Fsp3) is 0.300. The van der Waals surface area contributed by atoms with E-state index in [1.54, 1.807) is 19.2 Å². The molecule has 2 aromatic rings. The van der Waals surface area contributed by atoms with E-state index in [4.69, 9.17) is 9.47 Å². The highest BCUT2D eigenvalue weighted by atomic mass is 32.2. The topological polar surface area (TPSA) is 64.6 Å². The summed E-state index contributed by atoms with van der Waals surface area (Å²) in [5.41, 5.74) is 2.42. The lowest BCUT2D eigenvalue weighted by Crippen LogP contribution is -2.30. The van der Waals surface area contributed by atoms with E-state index in [9.17, 15) is 9.59 Å². The van der Waals surface area contributed by atoms with Crippen LogP contribution < -0.4 is 10.1 Å². The smallest absolute Gasteiger partial charge is 0.337 e. The zero-order valence-corrected chi connectivity index (χ0v) is 16.0. The van der Waals surface area contributed by atoms with Crippen LogP contribution in [0.1, 0.15) is 28.4 Å². The van der Waals surface area contributed by atoms with E-state index in [1.807, 2.05) is 43.3 Å². The third-order valence-corrected chi connectivity index (χ3v) is 5.08. The molecule has 0 fully saturated rings. The predicted molar refractivity (Wildman–Crippen MR) is 103 cm³/mol. The average molecular weight is 373 g/mol. The van der Waals surface area contributed by atoms with E-state index in [-0.39, 0.29) is 17.1 Å². The normalized spacial score (nSPS) is 11.5. The summed E-state index contributed by atoms with van der Waals surface area (Å²) in [5.74, 6) is 0.992.